The van der Waals surface area contributed by atoms with E-state index in [0.29, 0.717) is 16.3 Å². The first-order valence-corrected chi connectivity index (χ1v) is 6.17. The van der Waals surface area contributed by atoms with E-state index >= 15 is 0 Å². The Morgan fingerprint density at radius 1 is 1.15 bits per heavy atom. The fraction of sp³-hybridized carbons (Fsp3) is 0. The van der Waals surface area contributed by atoms with Gasteiger partial charge in [-0.1, -0.05) is 28.9 Å². The van der Waals surface area contributed by atoms with Crippen molar-refractivity contribution in [2.24, 2.45) is 0 Å². The summed E-state index contributed by atoms with van der Waals surface area (Å²) in [5, 5.41) is 4.17. The highest BCUT2D eigenvalue weighted by Crippen LogP contribution is 2.28. The third-order valence-corrected chi connectivity index (χ3v) is 3.12. The number of halogens is 2. The van der Waals surface area contributed by atoms with E-state index in [0.717, 1.165) is 0 Å². The van der Waals surface area contributed by atoms with Gasteiger partial charge in [0.05, 0.1) is 16.3 Å². The molecule has 2 N–H and O–H groups in total. The number of nitrogens with two attached hydrogens (primary N) is 1. The molecule has 4 nitrogen and oxygen atoms in total. The van der Waals surface area contributed by atoms with Crippen LogP contribution in [0.1, 0.15) is 0 Å². The highest BCUT2D eigenvalue weighted by atomic mass is 35.5. The van der Waals surface area contributed by atoms with Gasteiger partial charge in [-0.05, 0) is 30.3 Å². The van der Waals surface area contributed by atoms with Crippen LogP contribution in [0.4, 0.5) is 10.1 Å². The van der Waals surface area contributed by atoms with Gasteiger partial charge in [0.1, 0.15) is 5.82 Å². The predicted octanol–water partition coefficient (Wildman–Crippen LogP) is 3.78. The highest BCUT2D eigenvalue weighted by molar-refractivity contribution is 6.33. The Labute approximate surface area is 119 Å². The normalized spacial score (nSPS) is 10.7. The van der Waals surface area contributed by atoms with Gasteiger partial charge >= 0.3 is 0 Å². The molecule has 0 saturated carbocycles. The van der Waals surface area contributed by atoms with Gasteiger partial charge in [-0.2, -0.15) is 4.98 Å². The van der Waals surface area contributed by atoms with E-state index in [4.69, 9.17) is 21.9 Å². The van der Waals surface area contributed by atoms with E-state index in [2.05, 4.69) is 10.1 Å². The van der Waals surface area contributed by atoms with Crippen LogP contribution in [0, 0.1) is 5.82 Å². The molecule has 0 amide bonds. The number of anilines is 1. The molecule has 1 aromatic heterocycles. The average Bonchev–Trinajstić information content (AvgIpc) is 2.92. The van der Waals surface area contributed by atoms with Crippen LogP contribution in [0.2, 0.25) is 5.02 Å². The van der Waals surface area contributed by atoms with Gasteiger partial charge in [-0.25, -0.2) is 4.39 Å². The third kappa shape index (κ3) is 2.23. The Balaban J connectivity index is 2.02. The Morgan fingerprint density at radius 2 is 1.95 bits per heavy atom. The topological polar surface area (TPSA) is 64.9 Å². The minimum Gasteiger partial charge on any atom is -0.398 e. The van der Waals surface area contributed by atoms with Gasteiger partial charge in [-0.3, -0.25) is 0 Å². The molecule has 0 atom stereocenters. The maximum Gasteiger partial charge on any atom is 0.258 e. The standard InChI is InChI=1S/C14H9ClFN3O/c15-10-7-8(5-6-12(10)17)14-18-13(19-20-14)9-3-1-2-4-11(9)16/h1-7H,17H2. The van der Waals surface area contributed by atoms with Crippen LogP contribution >= 0.6 is 11.6 Å². The quantitative estimate of drug-likeness (QED) is 0.729. The molecule has 6 heteroatoms. The molecule has 0 fully saturated rings. The Kier molecular flexibility index (Phi) is 3.12. The smallest absolute Gasteiger partial charge is 0.258 e. The van der Waals surface area contributed by atoms with Gasteiger partial charge in [0.15, 0.2) is 0 Å². The summed E-state index contributed by atoms with van der Waals surface area (Å²) in [6.07, 6.45) is 0. The van der Waals surface area contributed by atoms with Crippen LogP contribution in [0.5, 0.6) is 0 Å². The first-order valence-electron chi connectivity index (χ1n) is 5.79. The molecule has 0 aliphatic heterocycles. The summed E-state index contributed by atoms with van der Waals surface area (Å²) in [5.74, 6) is 0.0337. The number of hydrogen-bond donors (Lipinski definition) is 1. The molecule has 2 aromatic carbocycles. The van der Waals surface area contributed by atoms with Crippen molar-refractivity contribution in [2.45, 2.75) is 0 Å². The van der Waals surface area contributed by atoms with Crippen molar-refractivity contribution < 1.29 is 8.91 Å². The minimum absolute atomic E-state index is 0.186. The lowest BCUT2D eigenvalue weighted by molar-refractivity contribution is 0.432. The summed E-state index contributed by atoms with van der Waals surface area (Å²) in [5.41, 5.74) is 7.00. The second-order valence-corrected chi connectivity index (χ2v) is 4.55. The van der Waals surface area contributed by atoms with Gasteiger partial charge in [0.2, 0.25) is 5.82 Å². The summed E-state index contributed by atoms with van der Waals surface area (Å²) in [6.45, 7) is 0. The minimum atomic E-state index is -0.407. The molecular weight excluding hydrogens is 281 g/mol. The molecular formula is C14H9ClFN3O. The average molecular weight is 290 g/mol. The largest absolute Gasteiger partial charge is 0.398 e. The van der Waals surface area contributed by atoms with Crippen LogP contribution in [0.25, 0.3) is 22.8 Å². The number of nitrogen functional groups attached to an aromatic ring is 1. The third-order valence-electron chi connectivity index (χ3n) is 2.79. The van der Waals surface area contributed by atoms with Gasteiger partial charge < -0.3 is 10.3 Å². The van der Waals surface area contributed by atoms with Crippen LogP contribution in [-0.4, -0.2) is 10.1 Å². The van der Waals surface area contributed by atoms with Gasteiger partial charge in [0, 0.05) is 5.56 Å². The lowest BCUT2D eigenvalue weighted by Crippen LogP contribution is -1.87. The predicted molar refractivity (Wildman–Crippen MR) is 74.6 cm³/mol. The number of hydrogen-bond acceptors (Lipinski definition) is 4. The van der Waals surface area contributed by atoms with Crippen molar-refractivity contribution in [3.05, 3.63) is 53.3 Å². The van der Waals surface area contributed by atoms with E-state index < -0.39 is 5.82 Å². The fourth-order valence-corrected chi connectivity index (χ4v) is 1.93. The summed E-state index contributed by atoms with van der Waals surface area (Å²) < 4.78 is 18.8. The number of benzene rings is 2. The molecule has 0 saturated heterocycles. The second kappa shape index (κ2) is 4.94. The molecule has 0 spiro atoms. The van der Waals surface area contributed by atoms with Crippen molar-refractivity contribution in [3.63, 3.8) is 0 Å². The first kappa shape index (κ1) is 12.6. The van der Waals surface area contributed by atoms with Crippen molar-refractivity contribution in [2.75, 3.05) is 5.73 Å². The zero-order chi connectivity index (χ0) is 14.1. The molecule has 0 bridgehead atoms. The van der Waals surface area contributed by atoms with Crippen LogP contribution in [0.15, 0.2) is 47.0 Å². The molecule has 0 unspecified atom stereocenters. The van der Waals surface area contributed by atoms with Crippen LogP contribution < -0.4 is 5.73 Å². The van der Waals surface area contributed by atoms with E-state index in [1.807, 2.05) is 0 Å². The van der Waals surface area contributed by atoms with Crippen molar-refractivity contribution in [3.8, 4) is 22.8 Å². The van der Waals surface area contributed by atoms with E-state index in [9.17, 15) is 4.39 Å². The van der Waals surface area contributed by atoms with Gasteiger partial charge in [0.25, 0.3) is 5.89 Å². The van der Waals surface area contributed by atoms with E-state index in [-0.39, 0.29) is 17.3 Å². The summed E-state index contributed by atoms with van der Waals surface area (Å²) in [4.78, 5) is 4.17. The van der Waals surface area contributed by atoms with Crippen LogP contribution in [-0.2, 0) is 0 Å². The zero-order valence-electron chi connectivity index (χ0n) is 10.2. The summed E-state index contributed by atoms with van der Waals surface area (Å²) in [6, 6.07) is 11.2. The molecule has 0 aliphatic carbocycles. The monoisotopic (exact) mass is 289 g/mol. The molecule has 3 rings (SSSR count). The first-order chi connectivity index (χ1) is 9.65. The van der Waals surface area contributed by atoms with Gasteiger partial charge in [-0.15, -0.1) is 0 Å². The van der Waals surface area contributed by atoms with Crippen LogP contribution in [0.3, 0.4) is 0 Å². The Bertz CT molecular complexity index is 773. The summed E-state index contributed by atoms with van der Waals surface area (Å²) >= 11 is 5.94. The maximum absolute atomic E-state index is 13.6. The molecule has 3 aromatic rings. The van der Waals surface area contributed by atoms with E-state index in [1.165, 1.54) is 6.07 Å². The Morgan fingerprint density at radius 3 is 2.70 bits per heavy atom. The SMILES string of the molecule is Nc1ccc(-c2nc(-c3ccccc3F)no2)cc1Cl. The number of aromatic nitrogens is 2. The maximum atomic E-state index is 13.6. The molecule has 20 heavy (non-hydrogen) atoms. The summed E-state index contributed by atoms with van der Waals surface area (Å²) in [7, 11) is 0. The molecule has 0 radical (unpaired) electrons. The highest BCUT2D eigenvalue weighted by Gasteiger charge is 2.14. The molecule has 0 aliphatic rings. The second-order valence-electron chi connectivity index (χ2n) is 4.14. The lowest BCUT2D eigenvalue weighted by Gasteiger charge is -1.98. The Hall–Kier alpha value is -2.40. The zero-order valence-corrected chi connectivity index (χ0v) is 10.9. The number of rotatable bonds is 2. The fourth-order valence-electron chi connectivity index (χ4n) is 1.75. The lowest BCUT2D eigenvalue weighted by atomic mass is 10.2. The molecule has 1 heterocycles. The van der Waals surface area contributed by atoms with E-state index in [1.54, 1.807) is 36.4 Å². The van der Waals surface area contributed by atoms with Crippen molar-refractivity contribution in [1.29, 1.82) is 0 Å². The van der Waals surface area contributed by atoms with Crippen molar-refractivity contribution >= 4 is 17.3 Å². The number of nitrogens with zero attached hydrogens (tertiary/aromatic N) is 2. The molecule has 100 valence electrons. The van der Waals surface area contributed by atoms with Crippen molar-refractivity contribution in [1.82, 2.24) is 10.1 Å².